The molecule has 0 bridgehead atoms. The molecule has 1 N–H and O–H groups in total. The van der Waals surface area contributed by atoms with Crippen molar-refractivity contribution in [1.82, 2.24) is 4.31 Å². The molecular weight excluding hydrogens is 306 g/mol. The lowest BCUT2D eigenvalue weighted by atomic mass is 10.2. The van der Waals surface area contributed by atoms with Crippen LogP contribution in [0.1, 0.15) is 26.7 Å². The van der Waals surface area contributed by atoms with E-state index in [1.807, 2.05) is 13.8 Å². The second-order valence-corrected chi connectivity index (χ2v) is 9.76. The lowest BCUT2D eigenvalue weighted by molar-refractivity contribution is -0.137. The molecule has 1 aliphatic rings. The van der Waals surface area contributed by atoms with E-state index in [1.54, 1.807) is 0 Å². The van der Waals surface area contributed by atoms with Crippen LogP contribution in [0.4, 0.5) is 0 Å². The monoisotopic (exact) mass is 327 g/mol. The van der Waals surface area contributed by atoms with Crippen LogP contribution in [0.25, 0.3) is 0 Å². The zero-order valence-corrected chi connectivity index (χ0v) is 13.3. The Kier molecular flexibility index (Phi) is 5.56. The molecule has 1 aliphatic heterocycles. The molecule has 0 aromatic rings. The maximum Gasteiger partial charge on any atom is 0.318 e. The SMILES string of the molecule is CC(C)CCS(=O)(=O)N(CC(=O)O)C1CCS(=O)(=O)C1. The molecule has 7 nitrogen and oxygen atoms in total. The lowest BCUT2D eigenvalue weighted by Crippen LogP contribution is -2.45. The zero-order valence-electron chi connectivity index (χ0n) is 11.6. The molecule has 9 heteroatoms. The Bertz CT molecular complexity index is 551. The summed E-state index contributed by atoms with van der Waals surface area (Å²) in [4.78, 5) is 10.9. The Morgan fingerprint density at radius 1 is 1.40 bits per heavy atom. The van der Waals surface area contributed by atoms with Gasteiger partial charge in [-0.3, -0.25) is 4.79 Å². The highest BCUT2D eigenvalue weighted by atomic mass is 32.2. The van der Waals surface area contributed by atoms with Gasteiger partial charge in [0.05, 0.1) is 17.3 Å². The van der Waals surface area contributed by atoms with Crippen molar-refractivity contribution < 1.29 is 26.7 Å². The van der Waals surface area contributed by atoms with E-state index in [1.165, 1.54) is 0 Å². The van der Waals surface area contributed by atoms with Crippen LogP contribution in [-0.2, 0) is 24.7 Å². The first-order valence-electron chi connectivity index (χ1n) is 6.45. The van der Waals surface area contributed by atoms with Crippen LogP contribution in [0.15, 0.2) is 0 Å². The maximum absolute atomic E-state index is 12.2. The van der Waals surface area contributed by atoms with Gasteiger partial charge in [0.2, 0.25) is 10.0 Å². The molecule has 1 saturated heterocycles. The number of hydrogen-bond donors (Lipinski definition) is 1. The number of carboxylic acids is 1. The van der Waals surface area contributed by atoms with Crippen molar-refractivity contribution in [2.75, 3.05) is 23.8 Å². The molecule has 20 heavy (non-hydrogen) atoms. The summed E-state index contributed by atoms with van der Waals surface area (Å²) in [5, 5.41) is 8.86. The first-order chi connectivity index (χ1) is 9.03. The van der Waals surface area contributed by atoms with Crippen LogP contribution in [0.3, 0.4) is 0 Å². The summed E-state index contributed by atoms with van der Waals surface area (Å²) in [6.07, 6.45) is 0.578. The number of nitrogens with zero attached hydrogens (tertiary/aromatic N) is 1. The molecule has 1 rings (SSSR count). The summed E-state index contributed by atoms with van der Waals surface area (Å²) in [6.45, 7) is 3.06. The van der Waals surface area contributed by atoms with E-state index in [9.17, 15) is 21.6 Å². The normalized spacial score (nSPS) is 22.5. The zero-order chi connectivity index (χ0) is 15.6. The van der Waals surface area contributed by atoms with Gasteiger partial charge in [-0.05, 0) is 18.8 Å². The summed E-state index contributed by atoms with van der Waals surface area (Å²) >= 11 is 0. The van der Waals surface area contributed by atoms with Gasteiger partial charge >= 0.3 is 5.97 Å². The molecule has 1 heterocycles. The smallest absolute Gasteiger partial charge is 0.318 e. The maximum atomic E-state index is 12.2. The number of sulfonamides is 1. The summed E-state index contributed by atoms with van der Waals surface area (Å²) in [6, 6.07) is -0.756. The Balaban J connectivity index is 2.92. The second kappa shape index (κ2) is 6.40. The lowest BCUT2D eigenvalue weighted by Gasteiger charge is -2.26. The van der Waals surface area contributed by atoms with Crippen molar-refractivity contribution >= 4 is 25.8 Å². The average Bonchev–Trinajstić information content (AvgIpc) is 2.63. The minimum Gasteiger partial charge on any atom is -0.480 e. The van der Waals surface area contributed by atoms with Crippen molar-refractivity contribution in [3.8, 4) is 0 Å². The van der Waals surface area contributed by atoms with E-state index in [2.05, 4.69) is 0 Å². The summed E-state index contributed by atoms with van der Waals surface area (Å²) in [7, 11) is -7.02. The first kappa shape index (κ1) is 17.4. The van der Waals surface area contributed by atoms with Crippen LogP contribution < -0.4 is 0 Å². The van der Waals surface area contributed by atoms with Crippen molar-refractivity contribution in [1.29, 1.82) is 0 Å². The molecule has 1 fully saturated rings. The van der Waals surface area contributed by atoms with E-state index >= 15 is 0 Å². The van der Waals surface area contributed by atoms with Crippen LogP contribution >= 0.6 is 0 Å². The van der Waals surface area contributed by atoms with Gasteiger partial charge in [0.1, 0.15) is 6.54 Å². The Morgan fingerprint density at radius 2 is 2.00 bits per heavy atom. The second-order valence-electron chi connectivity index (χ2n) is 5.49. The van der Waals surface area contributed by atoms with Gasteiger partial charge in [0.25, 0.3) is 0 Å². The molecule has 0 radical (unpaired) electrons. The number of carboxylic acid groups (broad SMARTS) is 1. The molecule has 1 unspecified atom stereocenters. The predicted octanol–water partition coefficient (Wildman–Crippen LogP) is -0.0640. The van der Waals surface area contributed by atoms with E-state index in [4.69, 9.17) is 5.11 Å². The Morgan fingerprint density at radius 3 is 2.40 bits per heavy atom. The highest BCUT2D eigenvalue weighted by molar-refractivity contribution is 7.92. The molecule has 0 spiro atoms. The predicted molar refractivity (Wildman–Crippen MR) is 74.6 cm³/mol. The molecule has 0 saturated carbocycles. The third-order valence-electron chi connectivity index (χ3n) is 3.22. The van der Waals surface area contributed by atoms with Gasteiger partial charge in [0.15, 0.2) is 9.84 Å². The molecule has 0 aromatic heterocycles. The Labute approximate surface area is 119 Å². The van der Waals surface area contributed by atoms with Gasteiger partial charge < -0.3 is 5.11 Å². The third-order valence-corrected chi connectivity index (χ3v) is 6.86. The fourth-order valence-corrected chi connectivity index (χ4v) is 5.86. The highest BCUT2D eigenvalue weighted by Gasteiger charge is 2.38. The quantitative estimate of drug-likeness (QED) is 0.701. The number of carbonyl (C=O) groups is 1. The van der Waals surface area contributed by atoms with Crippen molar-refractivity contribution in [2.24, 2.45) is 5.92 Å². The summed E-state index contributed by atoms with van der Waals surface area (Å²) < 4.78 is 48.2. The van der Waals surface area contributed by atoms with Crippen LogP contribution in [0.2, 0.25) is 0 Å². The molecule has 0 aromatic carbocycles. The van der Waals surface area contributed by atoms with E-state index < -0.39 is 38.4 Å². The minimum atomic E-state index is -3.76. The Hall–Kier alpha value is -0.670. The number of sulfone groups is 1. The van der Waals surface area contributed by atoms with Crippen molar-refractivity contribution in [3.63, 3.8) is 0 Å². The molecule has 1 atom stereocenters. The van der Waals surface area contributed by atoms with Gasteiger partial charge in [-0.15, -0.1) is 0 Å². The molecule has 0 amide bonds. The number of rotatable bonds is 7. The third kappa shape index (κ3) is 5.02. The molecule has 0 aliphatic carbocycles. The van der Waals surface area contributed by atoms with Crippen LogP contribution in [0, 0.1) is 5.92 Å². The largest absolute Gasteiger partial charge is 0.480 e. The number of hydrogen-bond acceptors (Lipinski definition) is 5. The van der Waals surface area contributed by atoms with Gasteiger partial charge in [-0.25, -0.2) is 16.8 Å². The standard InChI is InChI=1S/C11H21NO6S2/c1-9(2)3-6-20(17,18)12(7-11(13)14)10-4-5-19(15,16)8-10/h9-10H,3-8H2,1-2H3,(H,13,14). The summed E-state index contributed by atoms with van der Waals surface area (Å²) in [5.41, 5.74) is 0. The van der Waals surface area contributed by atoms with Gasteiger partial charge in [-0.2, -0.15) is 4.31 Å². The average molecular weight is 327 g/mol. The van der Waals surface area contributed by atoms with E-state index in [0.717, 1.165) is 4.31 Å². The van der Waals surface area contributed by atoms with Gasteiger partial charge in [0, 0.05) is 6.04 Å². The van der Waals surface area contributed by atoms with Crippen LogP contribution in [0.5, 0.6) is 0 Å². The van der Waals surface area contributed by atoms with E-state index in [0.29, 0.717) is 6.42 Å². The van der Waals surface area contributed by atoms with Crippen molar-refractivity contribution in [3.05, 3.63) is 0 Å². The van der Waals surface area contributed by atoms with Crippen LogP contribution in [-0.4, -0.2) is 62.1 Å². The van der Waals surface area contributed by atoms with E-state index in [-0.39, 0.29) is 29.6 Å². The molecule has 118 valence electrons. The fourth-order valence-electron chi connectivity index (χ4n) is 2.09. The van der Waals surface area contributed by atoms with Gasteiger partial charge in [-0.1, -0.05) is 13.8 Å². The highest BCUT2D eigenvalue weighted by Crippen LogP contribution is 2.21. The van der Waals surface area contributed by atoms with Crippen molar-refractivity contribution in [2.45, 2.75) is 32.7 Å². The fraction of sp³-hybridized carbons (Fsp3) is 0.909. The molecular formula is C11H21NO6S2. The first-order valence-corrected chi connectivity index (χ1v) is 9.88. The number of aliphatic carboxylic acids is 1. The minimum absolute atomic E-state index is 0.0898. The topological polar surface area (TPSA) is 109 Å². The summed E-state index contributed by atoms with van der Waals surface area (Å²) in [5.74, 6) is -1.64.